The predicted octanol–water partition coefficient (Wildman–Crippen LogP) is 1.26. The Morgan fingerprint density at radius 2 is 1.83 bits per heavy atom. The van der Waals surface area contributed by atoms with Crippen LogP contribution in [0.15, 0.2) is 30.5 Å². The normalized spacial score (nSPS) is 9.06. The Morgan fingerprint density at radius 3 is 2.33 bits per heavy atom. The van der Waals surface area contributed by atoms with Crippen molar-refractivity contribution < 1.29 is 9.59 Å². The lowest BCUT2D eigenvalue weighted by Gasteiger charge is -1.91. The highest BCUT2D eigenvalue weighted by Crippen LogP contribution is 2.07. The van der Waals surface area contributed by atoms with Gasteiger partial charge in [0.05, 0.1) is 17.8 Å². The Balaban J connectivity index is 0.000000492. The quantitative estimate of drug-likeness (QED) is 0.851. The van der Waals surface area contributed by atoms with Crippen LogP contribution in [0, 0.1) is 11.3 Å². The number of hydrogen-bond acceptors (Lipinski definition) is 5. The number of H-pyrrole nitrogens is 1. The summed E-state index contributed by atoms with van der Waals surface area (Å²) in [6, 6.07) is 9.40. The first kappa shape index (κ1) is 13.0. The summed E-state index contributed by atoms with van der Waals surface area (Å²) < 4.78 is 0. The number of aromatic amines is 1. The summed E-state index contributed by atoms with van der Waals surface area (Å²) in [7, 11) is 0. The van der Waals surface area contributed by atoms with Crippen LogP contribution in [0.1, 0.15) is 16.8 Å². The van der Waals surface area contributed by atoms with Gasteiger partial charge < -0.3 is 0 Å². The molecule has 88 valence electrons. The van der Waals surface area contributed by atoms with E-state index in [4.69, 9.17) is 14.9 Å². The molecule has 1 aromatic heterocycles. The first-order chi connectivity index (χ1) is 8.80. The molecule has 0 saturated heterocycles. The summed E-state index contributed by atoms with van der Waals surface area (Å²) in [5.41, 5.74) is 2.46. The first-order valence-electron chi connectivity index (χ1n) is 4.83. The van der Waals surface area contributed by atoms with Crippen molar-refractivity contribution in [3.63, 3.8) is 0 Å². The van der Waals surface area contributed by atoms with Gasteiger partial charge in [0.15, 0.2) is 0 Å². The molecule has 18 heavy (non-hydrogen) atoms. The monoisotopic (exact) mass is 240 g/mol. The van der Waals surface area contributed by atoms with Gasteiger partial charge in [0.1, 0.15) is 5.69 Å². The van der Waals surface area contributed by atoms with Crippen molar-refractivity contribution in [1.82, 2.24) is 15.4 Å². The zero-order valence-electron chi connectivity index (χ0n) is 9.20. The van der Waals surface area contributed by atoms with Crippen molar-refractivity contribution in [2.24, 2.45) is 0 Å². The van der Waals surface area contributed by atoms with Crippen molar-refractivity contribution >= 4 is 18.3 Å². The molecule has 0 unspecified atom stereocenters. The predicted molar refractivity (Wildman–Crippen MR) is 61.5 cm³/mol. The van der Waals surface area contributed by atoms with E-state index in [9.17, 15) is 0 Å². The first-order valence-corrected chi connectivity index (χ1v) is 4.83. The van der Waals surface area contributed by atoms with Gasteiger partial charge >= 0.3 is 6.15 Å². The molecule has 6 nitrogen and oxygen atoms in total. The minimum atomic E-state index is 0.250. The lowest BCUT2D eigenvalue weighted by Crippen LogP contribution is -1.75. The second-order valence-electron chi connectivity index (χ2n) is 3.05. The number of hydrogen-bond donors (Lipinski definition) is 1. The van der Waals surface area contributed by atoms with Gasteiger partial charge in [0, 0.05) is 0 Å². The molecular formula is C12H8N4O2. The Labute approximate surface area is 103 Å². The molecule has 1 heterocycles. The molecular weight excluding hydrogens is 232 g/mol. The van der Waals surface area contributed by atoms with Crippen molar-refractivity contribution in [2.45, 2.75) is 0 Å². The van der Waals surface area contributed by atoms with E-state index in [0.29, 0.717) is 5.56 Å². The maximum atomic E-state index is 8.62. The third-order valence-electron chi connectivity index (χ3n) is 1.92. The number of carbonyl (C=O) groups excluding carboxylic acids is 2. The van der Waals surface area contributed by atoms with Crippen LogP contribution in [0.3, 0.4) is 0 Å². The van der Waals surface area contributed by atoms with E-state index in [1.54, 1.807) is 18.3 Å². The highest BCUT2D eigenvalue weighted by molar-refractivity contribution is 5.67. The van der Waals surface area contributed by atoms with E-state index in [1.807, 2.05) is 24.3 Å². The van der Waals surface area contributed by atoms with Crippen molar-refractivity contribution in [3.05, 3.63) is 47.3 Å². The molecule has 0 fully saturated rings. The molecule has 0 saturated carbocycles. The summed E-state index contributed by atoms with van der Waals surface area (Å²) >= 11 is 0. The Kier molecular flexibility index (Phi) is 5.27. The van der Waals surface area contributed by atoms with Crippen LogP contribution in [0.2, 0.25) is 0 Å². The summed E-state index contributed by atoms with van der Waals surface area (Å²) in [5.74, 6) is 0. The molecule has 0 spiro atoms. The van der Waals surface area contributed by atoms with Crippen LogP contribution in [0.4, 0.5) is 0 Å². The fourth-order valence-electron chi connectivity index (χ4n) is 1.14. The largest absolute Gasteiger partial charge is 0.373 e. The maximum Gasteiger partial charge on any atom is 0.373 e. The molecule has 0 bridgehead atoms. The van der Waals surface area contributed by atoms with Crippen LogP contribution in [-0.4, -0.2) is 21.6 Å². The van der Waals surface area contributed by atoms with Crippen molar-refractivity contribution in [1.29, 1.82) is 5.26 Å². The number of nitrogens with zero attached hydrogens (tertiary/aromatic N) is 3. The van der Waals surface area contributed by atoms with Crippen LogP contribution >= 0.6 is 0 Å². The molecule has 0 atom stereocenters. The molecule has 0 aliphatic carbocycles. The number of nitrogens with one attached hydrogen (secondary N) is 1. The van der Waals surface area contributed by atoms with Crippen LogP contribution in [-0.2, 0) is 9.59 Å². The van der Waals surface area contributed by atoms with E-state index in [-0.39, 0.29) is 6.15 Å². The smallest absolute Gasteiger partial charge is 0.197 e. The average Bonchev–Trinajstić information content (AvgIpc) is 2.91. The Morgan fingerprint density at radius 1 is 1.17 bits per heavy atom. The number of benzene rings is 1. The summed E-state index contributed by atoms with van der Waals surface area (Å²) in [4.78, 5) is 16.2. The van der Waals surface area contributed by atoms with Crippen LogP contribution in [0.25, 0.3) is 12.2 Å². The molecule has 1 aromatic carbocycles. The van der Waals surface area contributed by atoms with E-state index in [2.05, 4.69) is 21.5 Å². The highest BCUT2D eigenvalue weighted by atomic mass is 16.2. The van der Waals surface area contributed by atoms with E-state index < -0.39 is 0 Å². The van der Waals surface area contributed by atoms with Gasteiger partial charge in [-0.05, 0) is 23.8 Å². The topological polar surface area (TPSA) is 99.5 Å². The molecule has 6 heteroatoms. The van der Waals surface area contributed by atoms with Gasteiger partial charge in [-0.25, -0.2) is 0 Å². The maximum absolute atomic E-state index is 8.62. The second-order valence-corrected chi connectivity index (χ2v) is 3.05. The molecule has 2 rings (SSSR count). The fraction of sp³-hybridized carbons (Fsp3) is 0. The van der Waals surface area contributed by atoms with E-state index >= 15 is 0 Å². The molecule has 1 N–H and O–H groups in total. The van der Waals surface area contributed by atoms with Gasteiger partial charge in [0.2, 0.25) is 0 Å². The number of nitriles is 1. The molecule has 0 aliphatic heterocycles. The van der Waals surface area contributed by atoms with Gasteiger partial charge in [-0.1, -0.05) is 18.2 Å². The number of aromatic nitrogens is 3. The second kappa shape index (κ2) is 7.28. The SMILES string of the molecule is N#Cc1ccc(C=Cc2cn[nH]n2)cc1.O=C=O. The minimum Gasteiger partial charge on any atom is -0.197 e. The van der Waals surface area contributed by atoms with E-state index in [1.165, 1.54) is 0 Å². The van der Waals surface area contributed by atoms with Crippen LogP contribution in [0.5, 0.6) is 0 Å². The Hall–Kier alpha value is -3.03. The minimum absolute atomic E-state index is 0.250. The fourth-order valence-corrected chi connectivity index (χ4v) is 1.14. The summed E-state index contributed by atoms with van der Waals surface area (Å²) in [5, 5.41) is 18.7. The molecule has 0 aliphatic rings. The zero-order valence-corrected chi connectivity index (χ0v) is 9.20. The third kappa shape index (κ3) is 4.23. The highest BCUT2D eigenvalue weighted by Gasteiger charge is 1.91. The number of rotatable bonds is 2. The third-order valence-corrected chi connectivity index (χ3v) is 1.92. The summed E-state index contributed by atoms with van der Waals surface area (Å²) in [6.07, 6.45) is 5.66. The van der Waals surface area contributed by atoms with Gasteiger partial charge in [-0.15, -0.1) is 0 Å². The lowest BCUT2D eigenvalue weighted by molar-refractivity contribution is -0.191. The van der Waals surface area contributed by atoms with Crippen LogP contribution < -0.4 is 0 Å². The zero-order chi connectivity index (χ0) is 13.2. The van der Waals surface area contributed by atoms with Gasteiger partial charge in [-0.3, -0.25) is 0 Å². The van der Waals surface area contributed by atoms with Gasteiger partial charge in [0.25, 0.3) is 0 Å². The summed E-state index contributed by atoms with van der Waals surface area (Å²) in [6.45, 7) is 0. The lowest BCUT2D eigenvalue weighted by atomic mass is 10.1. The molecule has 0 amide bonds. The van der Waals surface area contributed by atoms with Crippen molar-refractivity contribution in [2.75, 3.05) is 0 Å². The molecule has 2 aromatic rings. The van der Waals surface area contributed by atoms with Crippen molar-refractivity contribution in [3.8, 4) is 6.07 Å². The average molecular weight is 240 g/mol. The standard InChI is InChI=1S/C11H8N4.CO2/c12-7-10-3-1-9(2-4-10)5-6-11-8-13-15-14-11;2-1-3/h1-6,8H,(H,13,14,15);. The molecule has 0 radical (unpaired) electrons. The Bertz CT molecular complexity index is 574. The van der Waals surface area contributed by atoms with Gasteiger partial charge in [-0.2, -0.15) is 30.3 Å². The van der Waals surface area contributed by atoms with E-state index in [0.717, 1.165) is 11.3 Å².